The lowest BCUT2D eigenvalue weighted by atomic mass is 10.0. The molecule has 9 rings (SSSR count). The zero-order valence-electron chi connectivity index (χ0n) is 55.7. The van der Waals surface area contributed by atoms with Gasteiger partial charge in [-0.2, -0.15) is 0 Å². The largest absolute Gasteiger partial charge is 0.493 e. The van der Waals surface area contributed by atoms with E-state index in [0.717, 1.165) is 15.4 Å². The van der Waals surface area contributed by atoms with Crippen molar-refractivity contribution in [3.63, 3.8) is 0 Å². The maximum Gasteiger partial charge on any atom is 0.417 e. The van der Waals surface area contributed by atoms with Crippen LogP contribution < -0.4 is 50.4 Å². The third kappa shape index (κ3) is 17.0. The van der Waals surface area contributed by atoms with Crippen molar-refractivity contribution in [2.24, 2.45) is 11.7 Å². The van der Waals surface area contributed by atoms with Crippen LogP contribution in [0.1, 0.15) is 149 Å². The van der Waals surface area contributed by atoms with Crippen molar-refractivity contribution in [2.75, 3.05) is 68.7 Å². The predicted molar refractivity (Wildman–Crippen MR) is 352 cm³/mol. The number of rotatable bonds is 28. The van der Waals surface area contributed by atoms with E-state index in [1.165, 1.54) is 70.0 Å². The Hall–Kier alpha value is -10.0. The van der Waals surface area contributed by atoms with Gasteiger partial charge in [-0.05, 0) is 114 Å². The van der Waals surface area contributed by atoms with E-state index in [1.807, 2.05) is 13.8 Å². The highest BCUT2D eigenvalue weighted by Gasteiger charge is 2.49. The number of methoxy groups -OCH3 is 2. The second-order valence-corrected chi connectivity index (χ2v) is 25.8. The molecule has 5 aliphatic rings. The van der Waals surface area contributed by atoms with Crippen LogP contribution in [0, 0.1) is 5.92 Å². The minimum absolute atomic E-state index is 0.0171. The monoisotopic (exact) mass is 1340 g/mol. The number of anilines is 3. The summed E-state index contributed by atoms with van der Waals surface area (Å²) >= 11 is 0. The van der Waals surface area contributed by atoms with Crippen molar-refractivity contribution in [3.8, 4) is 23.0 Å². The van der Waals surface area contributed by atoms with Crippen molar-refractivity contribution < 1.29 is 81.8 Å². The standard InChI is InChI=1S/C68H86N12O17/c1-39(2)59(72-56(81)18-12-10-13-26-75-57(82)23-24-58(75)83)46-37-78(74-73-46)47(17-16-25-70-65(69)89)60(84)71-43-21-19-42(20-22-43)38-96-66(90)79-48-33-54(52(92-8)31-44(48)61(85)76-35-40(3)29-50(76)63(79)87)94-27-14-11-15-28-95-55-34-49-45(32-53(55)93-9)62(86)77-36-41(4)30-51(77)64(88)80(49)67(91)97-68(5,6)7/h19-24,31-34,37,39,47,50-51,59,63-64,87-88H,3-4,10-18,25-30,35-36,38H2,1-2,5-9H3,(H,71,84)(H,72,81)(H3,69,70,89)/t47-,50-,51-,59-,63-,64-/m0/s1. The Labute approximate surface area is 561 Å². The number of aromatic nitrogens is 3. The molecule has 0 saturated carbocycles. The van der Waals surface area contributed by atoms with Crippen molar-refractivity contribution in [2.45, 2.75) is 154 Å². The van der Waals surface area contributed by atoms with Crippen LogP contribution in [0.4, 0.5) is 31.4 Å². The molecule has 2 saturated heterocycles. The SMILES string of the molecule is C=C1C[C@H]2[C@H](O)N(C(=O)OCc3ccc(NC(=O)[C@H](CCCNC(N)=O)n4cc([C@@H](NC(=O)CCCCCN5C(=O)C=CC5=O)C(C)C)nn4)cc3)c3cc(OCCCCCOc4cc5c(cc4OC)C(=O)N4CC(=C)C[C@H]4[C@H](O)N5C(=O)OC(C)(C)C)c(OC)cc3C(=O)N2C1. The Morgan fingerprint density at radius 3 is 1.79 bits per heavy atom. The number of aliphatic hydroxyl groups is 2. The van der Waals surface area contributed by atoms with Crippen molar-refractivity contribution in [1.82, 2.24) is 40.3 Å². The minimum atomic E-state index is -1.58. The van der Waals surface area contributed by atoms with Crippen LogP contribution in [0.3, 0.4) is 0 Å². The van der Waals surface area contributed by atoms with Gasteiger partial charge in [0.05, 0.1) is 74.3 Å². The third-order valence-corrected chi connectivity index (χ3v) is 17.1. The smallest absolute Gasteiger partial charge is 0.417 e. The number of ether oxygens (including phenoxy) is 6. The topological polar surface area (TPSA) is 358 Å². The molecular formula is C68H86N12O17. The molecule has 5 aliphatic heterocycles. The Morgan fingerprint density at radius 2 is 1.27 bits per heavy atom. The summed E-state index contributed by atoms with van der Waals surface area (Å²) in [4.78, 5) is 125. The summed E-state index contributed by atoms with van der Waals surface area (Å²) in [6, 6.07) is 8.54. The molecule has 3 aromatic carbocycles. The van der Waals surface area contributed by atoms with E-state index in [9.17, 15) is 53.4 Å². The third-order valence-electron chi connectivity index (χ3n) is 17.1. The number of urea groups is 1. The number of benzene rings is 3. The molecule has 0 aliphatic carbocycles. The highest BCUT2D eigenvalue weighted by molar-refractivity contribution is 6.13. The quantitative estimate of drug-likeness (QED) is 0.0190. The number of amides is 10. The van der Waals surface area contributed by atoms with Crippen LogP contribution in [-0.2, 0) is 35.3 Å². The van der Waals surface area contributed by atoms with Crippen LogP contribution >= 0.6 is 0 Å². The summed E-state index contributed by atoms with van der Waals surface area (Å²) in [6.07, 6.45) is 3.70. The maximum atomic E-state index is 14.4. The Morgan fingerprint density at radius 1 is 0.722 bits per heavy atom. The molecular weight excluding hydrogens is 1260 g/mol. The molecule has 29 nitrogen and oxygen atoms in total. The number of nitrogens with one attached hydrogen (secondary N) is 3. The number of unbranched alkanes of at least 4 members (excludes halogenated alkanes) is 4. The molecule has 0 bridgehead atoms. The van der Waals surface area contributed by atoms with Crippen LogP contribution in [0.15, 0.2) is 91.2 Å². The number of fused-ring (bicyclic) bond motifs is 4. The number of nitrogens with two attached hydrogens (primary N) is 1. The fourth-order valence-corrected chi connectivity index (χ4v) is 12.2. The zero-order valence-corrected chi connectivity index (χ0v) is 55.7. The van der Waals surface area contributed by atoms with Gasteiger partial charge in [-0.25, -0.2) is 28.9 Å². The molecule has 6 heterocycles. The van der Waals surface area contributed by atoms with Crippen LogP contribution in [-0.4, -0.2) is 177 Å². The highest BCUT2D eigenvalue weighted by Crippen LogP contribution is 2.44. The number of aliphatic hydroxyl groups excluding tert-OH is 2. The van der Waals surface area contributed by atoms with Gasteiger partial charge in [0.15, 0.2) is 35.5 Å². The molecule has 0 spiro atoms. The number of carbonyl (C=O) groups is 9. The second-order valence-electron chi connectivity index (χ2n) is 25.8. The fourth-order valence-electron chi connectivity index (χ4n) is 12.2. The van der Waals surface area contributed by atoms with Gasteiger partial charge in [0.1, 0.15) is 23.9 Å². The van der Waals surface area contributed by atoms with E-state index in [-0.39, 0.29) is 134 Å². The second kappa shape index (κ2) is 31.2. The van der Waals surface area contributed by atoms with E-state index in [2.05, 4.69) is 39.4 Å². The molecule has 7 N–H and O–H groups in total. The van der Waals surface area contributed by atoms with Gasteiger partial charge in [0.2, 0.25) is 11.8 Å². The van der Waals surface area contributed by atoms with Gasteiger partial charge in [0, 0.05) is 62.6 Å². The summed E-state index contributed by atoms with van der Waals surface area (Å²) in [5.74, 6) is -1.59. The number of hydrogen-bond donors (Lipinski definition) is 6. The molecule has 4 aromatic rings. The van der Waals surface area contributed by atoms with Gasteiger partial charge in [-0.15, -0.1) is 5.10 Å². The van der Waals surface area contributed by atoms with Crippen LogP contribution in [0.5, 0.6) is 23.0 Å². The first-order chi connectivity index (χ1) is 46.2. The molecule has 29 heteroatoms. The fraction of sp³-hybridized carbons (Fsp3) is 0.485. The molecule has 2 fully saturated rings. The summed E-state index contributed by atoms with van der Waals surface area (Å²) in [6.45, 7) is 17.8. The van der Waals surface area contributed by atoms with Crippen molar-refractivity contribution >= 4 is 70.7 Å². The van der Waals surface area contributed by atoms with Crippen molar-refractivity contribution in [3.05, 3.63) is 114 Å². The molecule has 10 amide bonds. The Balaban J connectivity index is 0.823. The van der Waals surface area contributed by atoms with Gasteiger partial charge in [-0.3, -0.25) is 33.7 Å². The first kappa shape index (κ1) is 71.3. The number of imide groups is 1. The molecule has 6 atom stereocenters. The average molecular weight is 1340 g/mol. The van der Waals surface area contributed by atoms with E-state index in [0.29, 0.717) is 73.9 Å². The first-order valence-electron chi connectivity index (χ1n) is 32.4. The van der Waals surface area contributed by atoms with Crippen LogP contribution in [0.25, 0.3) is 0 Å². The van der Waals surface area contributed by atoms with E-state index >= 15 is 0 Å². The molecule has 1 aromatic heterocycles. The minimum Gasteiger partial charge on any atom is -0.493 e. The van der Waals surface area contributed by atoms with E-state index < -0.39 is 78.2 Å². The highest BCUT2D eigenvalue weighted by atomic mass is 16.6. The van der Waals surface area contributed by atoms with Gasteiger partial charge >= 0.3 is 18.2 Å². The number of carbonyl (C=O) groups excluding carboxylic acids is 9. The summed E-state index contributed by atoms with van der Waals surface area (Å²) < 4.78 is 36.8. The molecule has 0 unspecified atom stereocenters. The first-order valence-corrected chi connectivity index (χ1v) is 32.4. The Bertz CT molecular complexity index is 3680. The number of primary amides is 1. The van der Waals surface area contributed by atoms with Crippen molar-refractivity contribution in [1.29, 1.82) is 0 Å². The molecule has 520 valence electrons. The lowest BCUT2D eigenvalue weighted by Crippen LogP contribution is -2.51. The number of hydrogen-bond acceptors (Lipinski definition) is 19. The van der Waals surface area contributed by atoms with Crippen LogP contribution in [0.2, 0.25) is 0 Å². The van der Waals surface area contributed by atoms with E-state index in [4.69, 9.17) is 34.2 Å². The number of nitrogens with zero attached hydrogens (tertiary/aromatic N) is 8. The summed E-state index contributed by atoms with van der Waals surface area (Å²) in [7, 11) is 2.84. The van der Waals surface area contributed by atoms with Gasteiger partial charge in [0.25, 0.3) is 23.6 Å². The maximum absolute atomic E-state index is 14.4. The van der Waals surface area contributed by atoms with Gasteiger partial charge in [-0.1, -0.05) is 61.9 Å². The summed E-state index contributed by atoms with van der Waals surface area (Å²) in [5.41, 5.74) is 7.37. The summed E-state index contributed by atoms with van der Waals surface area (Å²) in [5, 5.41) is 40.9. The zero-order chi connectivity index (χ0) is 70.0. The average Bonchev–Trinajstić information content (AvgIpc) is 1.63. The Kier molecular flexibility index (Phi) is 22.9. The lowest BCUT2D eigenvalue weighted by Gasteiger charge is -2.33. The molecule has 0 radical (unpaired) electrons. The van der Waals surface area contributed by atoms with E-state index in [1.54, 1.807) is 51.2 Å². The normalized spacial score (nSPS) is 18.8. The van der Waals surface area contributed by atoms with Gasteiger partial charge < -0.3 is 70.1 Å². The molecule has 97 heavy (non-hydrogen) atoms. The predicted octanol–water partition coefficient (Wildman–Crippen LogP) is 6.94. The lowest BCUT2D eigenvalue weighted by molar-refractivity contribution is -0.137.